The van der Waals surface area contributed by atoms with Crippen molar-refractivity contribution in [1.29, 1.82) is 0 Å². The van der Waals surface area contributed by atoms with Crippen LogP contribution in [0.4, 0.5) is 5.82 Å². The summed E-state index contributed by atoms with van der Waals surface area (Å²) in [5, 5.41) is 32.9. The molecule has 4 N–H and O–H groups in total. The Balaban J connectivity index is 1.42. The third-order valence-corrected chi connectivity index (χ3v) is 5.50. The molecule has 2 aromatic rings. The van der Waals surface area contributed by atoms with Crippen LogP contribution in [0.1, 0.15) is 25.5 Å². The Morgan fingerprint density at radius 3 is 2.77 bits per heavy atom. The second-order valence-electron chi connectivity index (χ2n) is 7.14. The molecule has 10 heteroatoms. The van der Waals surface area contributed by atoms with E-state index in [1.54, 1.807) is 4.57 Å². The Morgan fingerprint density at radius 2 is 2.00 bits per heavy atom. The Kier molecular flexibility index (Phi) is 3.83. The second kappa shape index (κ2) is 6.10. The lowest BCUT2D eigenvalue weighted by Crippen LogP contribution is -2.33. The number of fused-ring (bicyclic) bond motifs is 2. The number of ether oxygens (including phenoxy) is 2. The fourth-order valence-corrected chi connectivity index (χ4v) is 3.98. The summed E-state index contributed by atoms with van der Waals surface area (Å²) in [5.74, 6) is 0.629. The van der Waals surface area contributed by atoms with Gasteiger partial charge >= 0.3 is 0 Å². The van der Waals surface area contributed by atoms with Crippen LogP contribution in [0.5, 0.6) is 0 Å². The lowest BCUT2D eigenvalue weighted by Gasteiger charge is -2.21. The fraction of sp³-hybridized carbons (Fsp3) is 0.688. The molecular weight excluding hydrogens is 342 g/mol. The van der Waals surface area contributed by atoms with Crippen molar-refractivity contribution in [2.75, 3.05) is 11.9 Å². The molecule has 3 fully saturated rings. The normalized spacial score (nSPS) is 39.1. The average Bonchev–Trinajstić information content (AvgIpc) is 3.21. The van der Waals surface area contributed by atoms with E-state index in [0.717, 1.165) is 19.3 Å². The molecule has 140 valence electrons. The van der Waals surface area contributed by atoms with E-state index in [-0.39, 0.29) is 12.6 Å². The van der Waals surface area contributed by atoms with E-state index >= 15 is 0 Å². The molecule has 0 radical (unpaired) electrons. The zero-order valence-corrected chi connectivity index (χ0v) is 14.0. The summed E-state index contributed by atoms with van der Waals surface area (Å²) in [7, 11) is 0. The van der Waals surface area contributed by atoms with Gasteiger partial charge in [0, 0.05) is 6.04 Å². The molecule has 26 heavy (non-hydrogen) atoms. The first-order chi connectivity index (χ1) is 12.7. The van der Waals surface area contributed by atoms with Gasteiger partial charge in [-0.2, -0.15) is 0 Å². The number of rotatable bonds is 4. The molecule has 10 nitrogen and oxygen atoms in total. The van der Waals surface area contributed by atoms with Crippen molar-refractivity contribution in [1.82, 2.24) is 19.5 Å². The maximum Gasteiger partial charge on any atom is 0.167 e. The molecule has 3 aliphatic rings. The first-order valence-corrected chi connectivity index (χ1v) is 8.87. The Hall–Kier alpha value is -1.85. The summed E-state index contributed by atoms with van der Waals surface area (Å²) in [5.41, 5.74) is 1.07. The molecule has 0 amide bonds. The molecule has 4 unspecified atom stereocenters. The molecule has 4 heterocycles. The first-order valence-electron chi connectivity index (χ1n) is 8.87. The molecule has 0 aromatic carbocycles. The summed E-state index contributed by atoms with van der Waals surface area (Å²) in [6, 6.07) is 0.274. The highest BCUT2D eigenvalue weighted by Crippen LogP contribution is 2.38. The van der Waals surface area contributed by atoms with Gasteiger partial charge in [0.25, 0.3) is 0 Å². The predicted molar refractivity (Wildman–Crippen MR) is 88.3 cm³/mol. The molecular formula is C16H21N5O5. The van der Waals surface area contributed by atoms with Gasteiger partial charge in [-0.1, -0.05) is 0 Å². The Morgan fingerprint density at radius 1 is 1.12 bits per heavy atom. The number of aliphatic hydroxyl groups is 3. The highest BCUT2D eigenvalue weighted by atomic mass is 16.6. The van der Waals surface area contributed by atoms with Crippen molar-refractivity contribution >= 4 is 17.0 Å². The van der Waals surface area contributed by atoms with Gasteiger partial charge in [-0.05, 0) is 19.3 Å². The number of hydrogen-bond acceptors (Lipinski definition) is 9. The molecule has 1 aliphatic carbocycles. The van der Waals surface area contributed by atoms with E-state index in [0.29, 0.717) is 29.2 Å². The smallest absolute Gasteiger partial charge is 0.167 e. The fourth-order valence-electron chi connectivity index (χ4n) is 3.98. The van der Waals surface area contributed by atoms with Crippen LogP contribution in [0, 0.1) is 0 Å². The molecule has 2 aromatic heterocycles. The summed E-state index contributed by atoms with van der Waals surface area (Å²) < 4.78 is 12.7. The van der Waals surface area contributed by atoms with Crippen molar-refractivity contribution in [3.8, 4) is 0 Å². The lowest BCUT2D eigenvalue weighted by atomic mass is 9.95. The van der Waals surface area contributed by atoms with E-state index in [4.69, 9.17) is 9.47 Å². The van der Waals surface area contributed by atoms with Crippen molar-refractivity contribution in [2.45, 2.75) is 62.1 Å². The molecule has 0 bridgehead atoms. The lowest BCUT2D eigenvalue weighted by molar-refractivity contribution is -0.0511. The van der Waals surface area contributed by atoms with E-state index in [2.05, 4.69) is 20.3 Å². The van der Waals surface area contributed by atoms with Crippen molar-refractivity contribution in [2.24, 2.45) is 0 Å². The number of imidazole rings is 1. The van der Waals surface area contributed by atoms with Crippen molar-refractivity contribution < 1.29 is 24.8 Å². The van der Waals surface area contributed by atoms with Crippen LogP contribution in [-0.2, 0) is 9.47 Å². The quantitative estimate of drug-likeness (QED) is 0.513. The van der Waals surface area contributed by atoms with Crippen LogP contribution in [0.25, 0.3) is 11.2 Å². The van der Waals surface area contributed by atoms with Gasteiger partial charge < -0.3 is 30.1 Å². The van der Waals surface area contributed by atoms with E-state index in [1.165, 1.54) is 12.7 Å². The minimum absolute atomic E-state index is 0.274. The second-order valence-corrected chi connectivity index (χ2v) is 7.14. The van der Waals surface area contributed by atoms with E-state index < -0.39 is 24.5 Å². The molecule has 5 rings (SSSR count). The van der Waals surface area contributed by atoms with Crippen LogP contribution in [-0.4, -0.2) is 78.0 Å². The summed E-state index contributed by atoms with van der Waals surface area (Å²) in [6.07, 6.45) is 2.68. The van der Waals surface area contributed by atoms with E-state index in [1.807, 2.05) is 0 Å². The summed E-state index contributed by atoms with van der Waals surface area (Å²) >= 11 is 0. The standard InChI is InChI=1S/C16H21N5O5/c22-4-10-12(23)13(24)16(26-10)21-6-19-11-14(17-5-18-15(11)21)20-7-1-2-8-9(3-7)25-8/h5-10,12-13,16,22-24H,1-4H2,(H,17,18,20)/t7?,8?,9?,10-,12-,13-,16?/m1/s1. The number of epoxide rings is 1. The maximum absolute atomic E-state index is 10.2. The minimum atomic E-state index is -1.18. The third-order valence-electron chi connectivity index (χ3n) is 5.50. The maximum atomic E-state index is 10.2. The largest absolute Gasteiger partial charge is 0.394 e. The van der Waals surface area contributed by atoms with Gasteiger partial charge in [0.2, 0.25) is 0 Å². The van der Waals surface area contributed by atoms with E-state index in [9.17, 15) is 15.3 Å². The highest BCUT2D eigenvalue weighted by molar-refractivity contribution is 5.82. The van der Waals surface area contributed by atoms with Gasteiger partial charge in [-0.3, -0.25) is 4.57 Å². The number of nitrogens with zero attached hydrogens (tertiary/aromatic N) is 4. The van der Waals surface area contributed by atoms with Crippen LogP contribution < -0.4 is 5.32 Å². The van der Waals surface area contributed by atoms with Crippen LogP contribution in [0.15, 0.2) is 12.7 Å². The number of hydrogen-bond donors (Lipinski definition) is 4. The topological polar surface area (TPSA) is 138 Å². The molecule has 7 atom stereocenters. The molecule has 2 saturated heterocycles. The van der Waals surface area contributed by atoms with Gasteiger partial charge in [0.05, 0.1) is 25.1 Å². The number of aliphatic hydroxyl groups excluding tert-OH is 3. The van der Waals surface area contributed by atoms with Gasteiger partial charge in [0.15, 0.2) is 23.2 Å². The predicted octanol–water partition coefficient (Wildman–Crippen LogP) is -0.830. The van der Waals surface area contributed by atoms with Crippen molar-refractivity contribution in [3.63, 3.8) is 0 Å². The van der Waals surface area contributed by atoms with Crippen molar-refractivity contribution in [3.05, 3.63) is 12.7 Å². The molecule has 1 saturated carbocycles. The third kappa shape index (κ3) is 2.57. The van der Waals surface area contributed by atoms with Crippen LogP contribution in [0.3, 0.4) is 0 Å². The average molecular weight is 363 g/mol. The number of anilines is 1. The summed E-state index contributed by atoms with van der Waals surface area (Å²) in [6.45, 7) is -0.380. The highest BCUT2D eigenvalue weighted by Gasteiger charge is 2.45. The molecule has 2 aliphatic heterocycles. The SMILES string of the molecule is OC[C@H]1OC(n2cnc3c(NC4CCC5OC5C4)ncnc32)[C@H](O)[C@@H]1O. The van der Waals surface area contributed by atoms with Gasteiger partial charge in [-0.15, -0.1) is 0 Å². The minimum Gasteiger partial charge on any atom is -0.394 e. The first kappa shape index (κ1) is 16.3. The van der Waals surface area contributed by atoms with Gasteiger partial charge in [-0.25, -0.2) is 15.0 Å². The van der Waals surface area contributed by atoms with Gasteiger partial charge in [0.1, 0.15) is 24.6 Å². The van der Waals surface area contributed by atoms with Crippen LogP contribution in [0.2, 0.25) is 0 Å². The zero-order chi connectivity index (χ0) is 17.8. The Bertz CT molecular complexity index is 815. The summed E-state index contributed by atoms with van der Waals surface area (Å²) in [4.78, 5) is 13.0. The monoisotopic (exact) mass is 363 g/mol. The van der Waals surface area contributed by atoms with Crippen LogP contribution >= 0.6 is 0 Å². The number of aromatic nitrogens is 4. The number of nitrogens with one attached hydrogen (secondary N) is 1. The molecule has 0 spiro atoms. The Labute approximate surface area is 148 Å². The zero-order valence-electron chi connectivity index (χ0n) is 14.0.